The molecule has 5 heteroatoms. The molecule has 0 unspecified atom stereocenters. The Kier molecular flexibility index (Phi) is 3.71. The number of aromatic nitrogens is 1. The first kappa shape index (κ1) is 11.6. The molecule has 15 heavy (non-hydrogen) atoms. The summed E-state index contributed by atoms with van der Waals surface area (Å²) in [7, 11) is 0. The van der Waals surface area contributed by atoms with Crippen LogP contribution in [-0.2, 0) is 6.18 Å². The first-order chi connectivity index (χ1) is 7.05. The van der Waals surface area contributed by atoms with E-state index in [9.17, 15) is 13.2 Å². The van der Waals surface area contributed by atoms with E-state index < -0.39 is 11.7 Å². The van der Waals surface area contributed by atoms with Crippen molar-refractivity contribution in [1.82, 2.24) is 4.98 Å². The Morgan fingerprint density at radius 2 is 2.20 bits per heavy atom. The van der Waals surface area contributed by atoms with Crippen LogP contribution in [0, 0.1) is 0 Å². The first-order valence-corrected chi connectivity index (χ1v) is 4.42. The highest BCUT2D eigenvalue weighted by atomic mass is 19.4. The van der Waals surface area contributed by atoms with Crippen LogP contribution in [0.4, 0.5) is 19.0 Å². The van der Waals surface area contributed by atoms with Gasteiger partial charge >= 0.3 is 6.18 Å². The van der Waals surface area contributed by atoms with Gasteiger partial charge in [-0.25, -0.2) is 4.98 Å². The monoisotopic (exact) mass is 216 g/mol. The summed E-state index contributed by atoms with van der Waals surface area (Å²) in [5.74, 6) is -0.133. The van der Waals surface area contributed by atoms with E-state index in [0.29, 0.717) is 13.0 Å². The molecule has 0 amide bonds. The van der Waals surface area contributed by atoms with Crippen LogP contribution in [0.15, 0.2) is 31.0 Å². The summed E-state index contributed by atoms with van der Waals surface area (Å²) in [5.41, 5.74) is -0.742. The van der Waals surface area contributed by atoms with Crippen molar-refractivity contribution in [2.24, 2.45) is 0 Å². The Morgan fingerprint density at radius 3 is 2.80 bits per heavy atom. The van der Waals surface area contributed by atoms with Crippen LogP contribution in [0.1, 0.15) is 12.0 Å². The summed E-state index contributed by atoms with van der Waals surface area (Å²) >= 11 is 0. The van der Waals surface area contributed by atoms with Gasteiger partial charge in [-0.15, -0.1) is 6.58 Å². The van der Waals surface area contributed by atoms with Crippen LogP contribution in [-0.4, -0.2) is 11.5 Å². The maximum absolute atomic E-state index is 12.5. The van der Waals surface area contributed by atoms with Gasteiger partial charge in [0.15, 0.2) is 0 Å². The van der Waals surface area contributed by atoms with Crippen molar-refractivity contribution in [2.75, 3.05) is 11.9 Å². The van der Waals surface area contributed by atoms with Gasteiger partial charge in [-0.2, -0.15) is 13.2 Å². The van der Waals surface area contributed by atoms with Crippen molar-refractivity contribution in [1.29, 1.82) is 0 Å². The lowest BCUT2D eigenvalue weighted by atomic mass is 10.2. The topological polar surface area (TPSA) is 24.9 Å². The molecule has 0 saturated heterocycles. The molecule has 1 N–H and O–H groups in total. The summed E-state index contributed by atoms with van der Waals surface area (Å²) in [6.45, 7) is 3.87. The summed E-state index contributed by atoms with van der Waals surface area (Å²) < 4.78 is 37.4. The maximum atomic E-state index is 12.5. The van der Waals surface area contributed by atoms with E-state index in [-0.39, 0.29) is 5.82 Å². The lowest BCUT2D eigenvalue weighted by Gasteiger charge is -2.12. The van der Waals surface area contributed by atoms with Crippen molar-refractivity contribution in [2.45, 2.75) is 12.6 Å². The van der Waals surface area contributed by atoms with Gasteiger partial charge in [-0.05, 0) is 18.6 Å². The van der Waals surface area contributed by atoms with Crippen molar-refractivity contribution in [3.8, 4) is 0 Å². The number of nitrogens with zero attached hydrogens (tertiary/aromatic N) is 1. The highest BCUT2D eigenvalue weighted by molar-refractivity contribution is 5.45. The zero-order chi connectivity index (χ0) is 11.3. The smallest absolute Gasteiger partial charge is 0.369 e. The molecule has 1 aromatic heterocycles. The average Bonchev–Trinajstić information content (AvgIpc) is 2.17. The van der Waals surface area contributed by atoms with Gasteiger partial charge in [0, 0.05) is 12.7 Å². The lowest BCUT2D eigenvalue weighted by Crippen LogP contribution is -2.12. The molecule has 0 aliphatic heterocycles. The number of anilines is 1. The molecule has 1 aromatic rings. The zero-order valence-electron chi connectivity index (χ0n) is 8.01. The van der Waals surface area contributed by atoms with E-state index in [0.717, 1.165) is 6.07 Å². The van der Waals surface area contributed by atoms with Crippen LogP contribution in [0.3, 0.4) is 0 Å². The predicted octanol–water partition coefficient (Wildman–Crippen LogP) is 3.09. The minimum atomic E-state index is -4.37. The Hall–Kier alpha value is -1.52. The molecule has 0 bridgehead atoms. The fourth-order valence-electron chi connectivity index (χ4n) is 1.07. The van der Waals surface area contributed by atoms with Gasteiger partial charge in [-0.3, -0.25) is 0 Å². The fraction of sp³-hybridized carbons (Fsp3) is 0.300. The number of hydrogen-bond acceptors (Lipinski definition) is 2. The van der Waals surface area contributed by atoms with E-state index >= 15 is 0 Å². The van der Waals surface area contributed by atoms with Crippen molar-refractivity contribution in [3.63, 3.8) is 0 Å². The molecule has 0 saturated carbocycles. The number of hydrogen-bond donors (Lipinski definition) is 1. The van der Waals surface area contributed by atoms with Crippen LogP contribution in [0.25, 0.3) is 0 Å². The maximum Gasteiger partial charge on any atom is 0.419 e. The second-order valence-corrected chi connectivity index (χ2v) is 2.90. The highest BCUT2D eigenvalue weighted by Gasteiger charge is 2.33. The Balaban J connectivity index is 2.82. The molecule has 2 nitrogen and oxygen atoms in total. The van der Waals surface area contributed by atoms with Gasteiger partial charge in [-0.1, -0.05) is 6.08 Å². The molecule has 0 atom stereocenters. The first-order valence-electron chi connectivity index (χ1n) is 4.42. The number of halogens is 3. The Labute approximate surface area is 85.8 Å². The normalized spacial score (nSPS) is 11.1. The van der Waals surface area contributed by atoms with Crippen LogP contribution in [0.5, 0.6) is 0 Å². The molecular formula is C10H11F3N2. The SMILES string of the molecule is C=CCCNc1ncccc1C(F)(F)F. The molecule has 0 aliphatic rings. The quantitative estimate of drug-likeness (QED) is 0.618. The number of rotatable bonds is 4. The molecule has 0 fully saturated rings. The highest BCUT2D eigenvalue weighted by Crippen LogP contribution is 2.33. The van der Waals surface area contributed by atoms with E-state index in [1.165, 1.54) is 12.3 Å². The lowest BCUT2D eigenvalue weighted by molar-refractivity contribution is -0.137. The third kappa shape index (κ3) is 3.27. The zero-order valence-corrected chi connectivity index (χ0v) is 8.01. The van der Waals surface area contributed by atoms with Crippen molar-refractivity contribution in [3.05, 3.63) is 36.5 Å². The predicted molar refractivity (Wildman–Crippen MR) is 52.5 cm³/mol. The summed E-state index contributed by atoms with van der Waals surface area (Å²) in [6, 6.07) is 2.27. The number of pyridine rings is 1. The minimum Gasteiger partial charge on any atom is -0.369 e. The fourth-order valence-corrected chi connectivity index (χ4v) is 1.07. The third-order valence-corrected chi connectivity index (χ3v) is 1.75. The van der Waals surface area contributed by atoms with Gasteiger partial charge < -0.3 is 5.32 Å². The number of nitrogens with one attached hydrogen (secondary N) is 1. The summed E-state index contributed by atoms with van der Waals surface area (Å²) in [4.78, 5) is 3.65. The second-order valence-electron chi connectivity index (χ2n) is 2.90. The molecule has 1 rings (SSSR count). The number of alkyl halides is 3. The van der Waals surface area contributed by atoms with Gasteiger partial charge in [0.1, 0.15) is 5.82 Å². The van der Waals surface area contributed by atoms with Gasteiger partial charge in [0.25, 0.3) is 0 Å². The summed E-state index contributed by atoms with van der Waals surface area (Å²) in [6.07, 6.45) is -0.826. The summed E-state index contributed by atoms with van der Waals surface area (Å²) in [5, 5.41) is 2.62. The molecule has 0 aromatic carbocycles. The molecular weight excluding hydrogens is 205 g/mol. The van der Waals surface area contributed by atoms with Gasteiger partial charge in [0.05, 0.1) is 5.56 Å². The van der Waals surface area contributed by atoms with Crippen LogP contribution in [0.2, 0.25) is 0 Å². The average molecular weight is 216 g/mol. The molecule has 1 heterocycles. The molecule has 0 spiro atoms. The molecule has 0 radical (unpaired) electrons. The van der Waals surface area contributed by atoms with Crippen LogP contribution < -0.4 is 5.32 Å². The van der Waals surface area contributed by atoms with E-state index in [4.69, 9.17) is 0 Å². The molecule has 82 valence electrons. The molecule has 0 aliphatic carbocycles. The van der Waals surface area contributed by atoms with E-state index in [1.54, 1.807) is 6.08 Å². The second kappa shape index (κ2) is 4.82. The Bertz CT molecular complexity index is 334. The van der Waals surface area contributed by atoms with E-state index in [2.05, 4.69) is 16.9 Å². The van der Waals surface area contributed by atoms with E-state index in [1.807, 2.05) is 0 Å². The van der Waals surface area contributed by atoms with Crippen molar-refractivity contribution >= 4 is 5.82 Å². The Morgan fingerprint density at radius 1 is 1.47 bits per heavy atom. The standard InChI is InChI=1S/C10H11F3N2/c1-2-3-6-14-9-8(10(11,12)13)5-4-7-15-9/h2,4-5,7H,1,3,6H2,(H,14,15). The van der Waals surface area contributed by atoms with Crippen LogP contribution >= 0.6 is 0 Å². The third-order valence-electron chi connectivity index (χ3n) is 1.75. The van der Waals surface area contributed by atoms with Crippen molar-refractivity contribution < 1.29 is 13.2 Å². The largest absolute Gasteiger partial charge is 0.419 e. The minimum absolute atomic E-state index is 0.133. The van der Waals surface area contributed by atoms with Gasteiger partial charge in [0.2, 0.25) is 0 Å².